The summed E-state index contributed by atoms with van der Waals surface area (Å²) >= 11 is 1.26. The number of hydrogen-bond acceptors (Lipinski definition) is 5. The predicted molar refractivity (Wildman–Crippen MR) is 101 cm³/mol. The van der Waals surface area contributed by atoms with Crippen molar-refractivity contribution in [2.24, 2.45) is 0 Å². The number of non-ortho nitro benzene ring substituents is 1. The monoisotopic (exact) mass is 373 g/mol. The molecule has 0 radical (unpaired) electrons. The van der Waals surface area contributed by atoms with Gasteiger partial charge in [0.2, 0.25) is 11.8 Å². The predicted octanol–water partition coefficient (Wildman–Crippen LogP) is 3.09. The Morgan fingerprint density at radius 1 is 1.12 bits per heavy atom. The lowest BCUT2D eigenvalue weighted by Gasteiger charge is -2.16. The highest BCUT2D eigenvalue weighted by Gasteiger charge is 2.14. The lowest BCUT2D eigenvalue weighted by atomic mass is 10.2. The minimum absolute atomic E-state index is 0.00516. The molecule has 0 fully saturated rings. The molecule has 0 atom stereocenters. The quantitative estimate of drug-likeness (QED) is 0.457. The molecule has 0 unspecified atom stereocenters. The number of aryl methyl sites for hydroxylation is 1. The van der Waals surface area contributed by atoms with E-state index in [0.29, 0.717) is 5.69 Å². The van der Waals surface area contributed by atoms with Crippen LogP contribution in [-0.4, -0.2) is 41.0 Å². The molecule has 0 saturated carbocycles. The fraction of sp³-hybridized carbons (Fsp3) is 0.222. The van der Waals surface area contributed by atoms with Crippen molar-refractivity contribution < 1.29 is 14.5 Å². The van der Waals surface area contributed by atoms with Gasteiger partial charge < -0.3 is 10.2 Å². The molecule has 1 N–H and O–H groups in total. The molecule has 0 aromatic heterocycles. The summed E-state index contributed by atoms with van der Waals surface area (Å²) in [5, 5.41) is 13.4. The summed E-state index contributed by atoms with van der Waals surface area (Å²) in [4.78, 5) is 36.4. The molecule has 0 bridgehead atoms. The number of anilines is 1. The van der Waals surface area contributed by atoms with E-state index < -0.39 is 4.92 Å². The van der Waals surface area contributed by atoms with Gasteiger partial charge in [-0.3, -0.25) is 19.7 Å². The fourth-order valence-electron chi connectivity index (χ4n) is 2.06. The van der Waals surface area contributed by atoms with Crippen molar-refractivity contribution in [3.8, 4) is 0 Å². The van der Waals surface area contributed by atoms with Crippen molar-refractivity contribution in [2.75, 3.05) is 24.7 Å². The number of thioether (sulfide) groups is 1. The Hall–Kier alpha value is -2.87. The maximum Gasteiger partial charge on any atom is 0.269 e. The first-order valence-electron chi connectivity index (χ1n) is 7.83. The molecule has 2 amide bonds. The van der Waals surface area contributed by atoms with E-state index in [9.17, 15) is 19.7 Å². The van der Waals surface area contributed by atoms with Gasteiger partial charge in [-0.2, -0.15) is 0 Å². The Morgan fingerprint density at radius 3 is 2.31 bits per heavy atom. The lowest BCUT2D eigenvalue weighted by Crippen LogP contribution is -2.35. The fourth-order valence-corrected chi connectivity index (χ4v) is 2.90. The molecule has 2 rings (SSSR count). The van der Waals surface area contributed by atoms with Crippen LogP contribution in [0, 0.1) is 17.0 Å². The molecule has 0 spiro atoms. The van der Waals surface area contributed by atoms with Gasteiger partial charge in [0.15, 0.2) is 0 Å². The van der Waals surface area contributed by atoms with Crippen LogP contribution in [0.2, 0.25) is 0 Å². The van der Waals surface area contributed by atoms with Crippen molar-refractivity contribution in [1.29, 1.82) is 0 Å². The molecular weight excluding hydrogens is 354 g/mol. The van der Waals surface area contributed by atoms with Crippen molar-refractivity contribution in [3.63, 3.8) is 0 Å². The molecule has 0 saturated heterocycles. The third-order valence-corrected chi connectivity index (χ3v) is 4.55. The third kappa shape index (κ3) is 5.89. The summed E-state index contributed by atoms with van der Waals surface area (Å²) in [6.07, 6.45) is 0. The van der Waals surface area contributed by atoms with Gasteiger partial charge in [0.1, 0.15) is 0 Å². The molecule has 2 aromatic carbocycles. The van der Waals surface area contributed by atoms with Crippen molar-refractivity contribution >= 4 is 35.0 Å². The van der Waals surface area contributed by atoms with Crippen LogP contribution < -0.4 is 5.32 Å². The van der Waals surface area contributed by atoms with E-state index in [-0.39, 0.29) is 29.8 Å². The van der Waals surface area contributed by atoms with Crippen LogP contribution in [0.3, 0.4) is 0 Å². The zero-order valence-corrected chi connectivity index (χ0v) is 15.3. The number of nitro groups is 1. The smallest absolute Gasteiger partial charge is 0.269 e. The van der Waals surface area contributed by atoms with E-state index in [2.05, 4.69) is 5.32 Å². The van der Waals surface area contributed by atoms with Crippen LogP contribution in [0.5, 0.6) is 0 Å². The summed E-state index contributed by atoms with van der Waals surface area (Å²) in [5.74, 6) is -0.330. The zero-order valence-electron chi connectivity index (χ0n) is 14.5. The molecule has 2 aromatic rings. The van der Waals surface area contributed by atoms with Crippen LogP contribution in [0.25, 0.3) is 0 Å². The summed E-state index contributed by atoms with van der Waals surface area (Å²) in [7, 11) is 1.56. The zero-order chi connectivity index (χ0) is 19.1. The summed E-state index contributed by atoms with van der Waals surface area (Å²) in [5.41, 5.74) is 1.78. The van der Waals surface area contributed by atoms with Crippen molar-refractivity contribution in [1.82, 2.24) is 4.90 Å². The first kappa shape index (κ1) is 19.5. The third-order valence-electron chi connectivity index (χ3n) is 3.55. The number of nitrogens with one attached hydrogen (secondary N) is 1. The van der Waals surface area contributed by atoms with E-state index in [1.807, 2.05) is 19.1 Å². The Kier molecular flexibility index (Phi) is 6.74. The standard InChI is InChI=1S/C18H19N3O4S/c1-13-3-5-14(6-4-13)19-17(22)11-20(2)18(23)12-26-16-9-7-15(8-10-16)21(24)25/h3-10H,11-12H2,1-2H3,(H,19,22). The van der Waals surface area contributed by atoms with Gasteiger partial charge >= 0.3 is 0 Å². The molecule has 0 aliphatic heterocycles. The number of carbonyl (C=O) groups excluding carboxylic acids is 2. The molecule has 0 aliphatic carbocycles. The number of benzene rings is 2. The normalized spacial score (nSPS) is 10.2. The maximum absolute atomic E-state index is 12.1. The second kappa shape index (κ2) is 9.00. The van der Waals surface area contributed by atoms with Gasteiger partial charge in [0.05, 0.1) is 17.2 Å². The van der Waals surface area contributed by atoms with Crippen LogP contribution in [0.15, 0.2) is 53.4 Å². The maximum atomic E-state index is 12.1. The van der Waals surface area contributed by atoms with E-state index in [1.165, 1.54) is 28.8 Å². The van der Waals surface area contributed by atoms with Crippen molar-refractivity contribution in [2.45, 2.75) is 11.8 Å². The van der Waals surface area contributed by atoms with E-state index in [4.69, 9.17) is 0 Å². The summed E-state index contributed by atoms with van der Waals surface area (Å²) < 4.78 is 0. The highest BCUT2D eigenvalue weighted by molar-refractivity contribution is 8.00. The Labute approximate surface area is 155 Å². The molecular formula is C18H19N3O4S. The molecule has 136 valence electrons. The SMILES string of the molecule is Cc1ccc(NC(=O)CN(C)C(=O)CSc2ccc([N+](=O)[O-])cc2)cc1. The molecule has 26 heavy (non-hydrogen) atoms. The molecule has 0 aliphatic rings. The van der Waals surface area contributed by atoms with E-state index in [1.54, 1.807) is 31.3 Å². The lowest BCUT2D eigenvalue weighted by molar-refractivity contribution is -0.384. The Morgan fingerprint density at radius 2 is 1.73 bits per heavy atom. The average Bonchev–Trinajstić information content (AvgIpc) is 2.61. The Balaban J connectivity index is 1.80. The summed E-state index contributed by atoms with van der Waals surface area (Å²) in [6, 6.07) is 13.4. The van der Waals surface area contributed by atoms with Crippen LogP contribution in [-0.2, 0) is 9.59 Å². The van der Waals surface area contributed by atoms with E-state index in [0.717, 1.165) is 10.5 Å². The van der Waals surface area contributed by atoms with Crippen LogP contribution in [0.4, 0.5) is 11.4 Å². The Bertz CT molecular complexity index is 791. The minimum Gasteiger partial charge on any atom is -0.336 e. The van der Waals surface area contributed by atoms with Crippen molar-refractivity contribution in [3.05, 3.63) is 64.2 Å². The number of carbonyl (C=O) groups is 2. The minimum atomic E-state index is -0.472. The number of likely N-dealkylation sites (N-methyl/N-ethyl adjacent to an activating group) is 1. The first-order valence-corrected chi connectivity index (χ1v) is 8.81. The highest BCUT2D eigenvalue weighted by atomic mass is 32.2. The first-order chi connectivity index (χ1) is 12.3. The second-order valence-corrected chi connectivity index (χ2v) is 6.75. The van der Waals surface area contributed by atoms with Gasteiger partial charge in [0, 0.05) is 29.8 Å². The number of hydrogen-bond donors (Lipinski definition) is 1. The topological polar surface area (TPSA) is 92.6 Å². The molecule has 7 nitrogen and oxygen atoms in total. The number of rotatable bonds is 7. The number of nitro benzene ring substituents is 1. The highest BCUT2D eigenvalue weighted by Crippen LogP contribution is 2.21. The molecule has 8 heteroatoms. The average molecular weight is 373 g/mol. The molecule has 0 heterocycles. The van der Waals surface area contributed by atoms with Crippen LogP contribution in [0.1, 0.15) is 5.56 Å². The number of nitrogens with zero attached hydrogens (tertiary/aromatic N) is 2. The van der Waals surface area contributed by atoms with E-state index >= 15 is 0 Å². The summed E-state index contributed by atoms with van der Waals surface area (Å²) in [6.45, 7) is 1.91. The van der Waals surface area contributed by atoms with Crippen LogP contribution >= 0.6 is 11.8 Å². The van der Waals surface area contributed by atoms with Gasteiger partial charge in [-0.25, -0.2) is 0 Å². The van der Waals surface area contributed by atoms with Gasteiger partial charge in [-0.15, -0.1) is 11.8 Å². The second-order valence-electron chi connectivity index (χ2n) is 5.70. The van der Waals surface area contributed by atoms with Gasteiger partial charge in [-0.1, -0.05) is 17.7 Å². The number of amides is 2. The van der Waals surface area contributed by atoms with Gasteiger partial charge in [0.25, 0.3) is 5.69 Å². The largest absolute Gasteiger partial charge is 0.336 e. The van der Waals surface area contributed by atoms with Gasteiger partial charge in [-0.05, 0) is 31.2 Å².